The first-order valence-corrected chi connectivity index (χ1v) is 5.36. The monoisotopic (exact) mass is 211 g/mol. The molecule has 0 amide bonds. The van der Waals surface area contributed by atoms with E-state index in [2.05, 4.69) is 5.32 Å². The second kappa shape index (κ2) is 6.53. The van der Waals surface area contributed by atoms with Gasteiger partial charge in [-0.15, -0.1) is 0 Å². The van der Waals surface area contributed by atoms with Gasteiger partial charge in [-0.2, -0.15) is 0 Å². The molecule has 0 fully saturated rings. The molecule has 2 nitrogen and oxygen atoms in total. The van der Waals surface area contributed by atoms with E-state index in [1.165, 1.54) is 6.07 Å². The van der Waals surface area contributed by atoms with E-state index >= 15 is 0 Å². The summed E-state index contributed by atoms with van der Waals surface area (Å²) in [5.74, 6) is -0.180. The summed E-state index contributed by atoms with van der Waals surface area (Å²) in [7, 11) is 0. The van der Waals surface area contributed by atoms with Gasteiger partial charge in [0, 0.05) is 12.1 Å². The fourth-order valence-corrected chi connectivity index (χ4v) is 1.34. The first-order valence-electron chi connectivity index (χ1n) is 5.36. The molecule has 0 saturated carbocycles. The number of aliphatic hydroxyl groups is 1. The van der Waals surface area contributed by atoms with Crippen molar-refractivity contribution in [2.45, 2.75) is 32.4 Å². The van der Waals surface area contributed by atoms with Crippen LogP contribution in [-0.4, -0.2) is 17.8 Å². The number of rotatable bonds is 6. The van der Waals surface area contributed by atoms with Gasteiger partial charge in [-0.1, -0.05) is 25.1 Å². The van der Waals surface area contributed by atoms with Gasteiger partial charge in [0.2, 0.25) is 0 Å². The zero-order valence-corrected chi connectivity index (χ0v) is 9.04. The van der Waals surface area contributed by atoms with Gasteiger partial charge in [0.1, 0.15) is 5.82 Å². The molecule has 84 valence electrons. The Balaban J connectivity index is 2.23. The molecule has 0 aliphatic carbocycles. The maximum absolute atomic E-state index is 13.2. The Bertz CT molecular complexity index is 291. The summed E-state index contributed by atoms with van der Waals surface area (Å²) in [4.78, 5) is 0. The molecule has 1 rings (SSSR count). The van der Waals surface area contributed by atoms with Crippen molar-refractivity contribution in [3.63, 3.8) is 0 Å². The van der Waals surface area contributed by atoms with Crippen LogP contribution in [0.4, 0.5) is 4.39 Å². The minimum atomic E-state index is -0.252. The van der Waals surface area contributed by atoms with Gasteiger partial charge >= 0.3 is 0 Å². The van der Waals surface area contributed by atoms with Gasteiger partial charge in [-0.3, -0.25) is 0 Å². The van der Waals surface area contributed by atoms with Crippen molar-refractivity contribution in [3.8, 4) is 0 Å². The van der Waals surface area contributed by atoms with Crippen molar-refractivity contribution in [2.24, 2.45) is 0 Å². The van der Waals surface area contributed by atoms with E-state index in [1.54, 1.807) is 12.1 Å². The minimum absolute atomic E-state index is 0.180. The molecule has 0 bridgehead atoms. The molecule has 3 heteroatoms. The molecule has 0 saturated heterocycles. The summed E-state index contributed by atoms with van der Waals surface area (Å²) in [6, 6.07) is 6.72. The Kier molecular flexibility index (Phi) is 5.29. The van der Waals surface area contributed by atoms with Crippen LogP contribution >= 0.6 is 0 Å². The van der Waals surface area contributed by atoms with E-state index < -0.39 is 0 Å². The van der Waals surface area contributed by atoms with Crippen LogP contribution < -0.4 is 5.32 Å². The molecule has 0 aromatic heterocycles. The molecule has 0 aliphatic rings. The zero-order valence-electron chi connectivity index (χ0n) is 9.04. The molecule has 1 atom stereocenters. The molecule has 15 heavy (non-hydrogen) atoms. The Morgan fingerprint density at radius 3 is 2.80 bits per heavy atom. The molecule has 0 radical (unpaired) electrons. The molecular formula is C12H18FNO. The van der Waals surface area contributed by atoms with Crippen LogP contribution in [0.15, 0.2) is 24.3 Å². The van der Waals surface area contributed by atoms with Crippen LogP contribution in [0.25, 0.3) is 0 Å². The molecule has 0 aliphatic heterocycles. The fraction of sp³-hybridized carbons (Fsp3) is 0.500. The summed E-state index contributed by atoms with van der Waals surface area (Å²) < 4.78 is 13.2. The molecule has 2 N–H and O–H groups in total. The molecule has 1 aromatic carbocycles. The van der Waals surface area contributed by atoms with Crippen molar-refractivity contribution in [1.29, 1.82) is 0 Å². The van der Waals surface area contributed by atoms with Crippen molar-refractivity contribution >= 4 is 0 Å². The predicted octanol–water partition coefficient (Wildman–Crippen LogP) is 2.08. The lowest BCUT2D eigenvalue weighted by Gasteiger charge is -2.09. The third-order valence-electron chi connectivity index (χ3n) is 2.40. The van der Waals surface area contributed by atoms with Gasteiger partial charge < -0.3 is 10.4 Å². The molecule has 0 heterocycles. The SMILES string of the molecule is CCC(O)CCNCc1ccccc1F. The highest BCUT2D eigenvalue weighted by Gasteiger charge is 2.01. The summed E-state index contributed by atoms with van der Waals surface area (Å²) >= 11 is 0. The zero-order chi connectivity index (χ0) is 11.1. The quantitative estimate of drug-likeness (QED) is 0.706. The van der Waals surface area contributed by atoms with Gasteiger partial charge in [0.05, 0.1) is 6.10 Å². The summed E-state index contributed by atoms with van der Waals surface area (Å²) in [6.45, 7) is 3.17. The van der Waals surface area contributed by atoms with Crippen LogP contribution in [-0.2, 0) is 6.54 Å². The molecular weight excluding hydrogens is 193 g/mol. The van der Waals surface area contributed by atoms with Gasteiger partial charge in [-0.05, 0) is 25.5 Å². The van der Waals surface area contributed by atoms with Crippen molar-refractivity contribution in [3.05, 3.63) is 35.6 Å². The summed E-state index contributed by atoms with van der Waals surface area (Å²) in [6.07, 6.45) is 1.23. The second-order valence-corrected chi connectivity index (χ2v) is 3.62. The highest BCUT2D eigenvalue weighted by Crippen LogP contribution is 2.05. The topological polar surface area (TPSA) is 32.3 Å². The van der Waals surface area contributed by atoms with Gasteiger partial charge in [0.15, 0.2) is 0 Å². The van der Waals surface area contributed by atoms with E-state index in [0.29, 0.717) is 25.1 Å². The molecule has 1 unspecified atom stereocenters. The van der Waals surface area contributed by atoms with E-state index in [9.17, 15) is 9.50 Å². The first-order chi connectivity index (χ1) is 7.24. The average molecular weight is 211 g/mol. The molecule has 0 spiro atoms. The summed E-state index contributed by atoms with van der Waals surface area (Å²) in [5, 5.41) is 12.4. The third kappa shape index (κ3) is 4.40. The summed E-state index contributed by atoms with van der Waals surface area (Å²) in [5.41, 5.74) is 0.670. The smallest absolute Gasteiger partial charge is 0.127 e. The lowest BCUT2D eigenvalue weighted by molar-refractivity contribution is 0.159. The lowest BCUT2D eigenvalue weighted by Crippen LogP contribution is -2.20. The Morgan fingerprint density at radius 1 is 1.40 bits per heavy atom. The normalized spacial score (nSPS) is 12.7. The maximum Gasteiger partial charge on any atom is 0.127 e. The standard InChI is InChI=1S/C12H18FNO/c1-2-11(15)7-8-14-9-10-5-3-4-6-12(10)13/h3-6,11,14-15H,2,7-9H2,1H3. The third-order valence-corrected chi connectivity index (χ3v) is 2.40. The fourth-order valence-electron chi connectivity index (χ4n) is 1.34. The lowest BCUT2D eigenvalue weighted by atomic mass is 10.2. The van der Waals surface area contributed by atoms with Crippen LogP contribution in [0.3, 0.4) is 0 Å². The number of halogens is 1. The van der Waals surface area contributed by atoms with Crippen molar-refractivity contribution < 1.29 is 9.50 Å². The van der Waals surface area contributed by atoms with E-state index in [4.69, 9.17) is 0 Å². The van der Waals surface area contributed by atoms with Crippen LogP contribution in [0.1, 0.15) is 25.3 Å². The number of benzene rings is 1. The van der Waals surface area contributed by atoms with Gasteiger partial charge in [-0.25, -0.2) is 4.39 Å². The van der Waals surface area contributed by atoms with E-state index in [0.717, 1.165) is 6.42 Å². The van der Waals surface area contributed by atoms with E-state index in [-0.39, 0.29) is 11.9 Å². The van der Waals surface area contributed by atoms with E-state index in [1.807, 2.05) is 13.0 Å². The van der Waals surface area contributed by atoms with Gasteiger partial charge in [0.25, 0.3) is 0 Å². The minimum Gasteiger partial charge on any atom is -0.393 e. The highest BCUT2D eigenvalue weighted by atomic mass is 19.1. The second-order valence-electron chi connectivity index (χ2n) is 3.62. The number of hydrogen-bond acceptors (Lipinski definition) is 2. The largest absolute Gasteiger partial charge is 0.393 e. The number of hydrogen-bond donors (Lipinski definition) is 2. The highest BCUT2D eigenvalue weighted by molar-refractivity contribution is 5.16. The van der Waals surface area contributed by atoms with Crippen molar-refractivity contribution in [2.75, 3.05) is 6.54 Å². The average Bonchev–Trinajstić information content (AvgIpc) is 2.26. The Morgan fingerprint density at radius 2 is 2.13 bits per heavy atom. The number of aliphatic hydroxyl groups excluding tert-OH is 1. The van der Waals surface area contributed by atoms with Crippen LogP contribution in [0.5, 0.6) is 0 Å². The Hall–Kier alpha value is -0.930. The number of nitrogens with one attached hydrogen (secondary N) is 1. The predicted molar refractivity (Wildman–Crippen MR) is 59.0 cm³/mol. The van der Waals surface area contributed by atoms with Crippen LogP contribution in [0.2, 0.25) is 0 Å². The molecule has 1 aromatic rings. The Labute approximate surface area is 90.1 Å². The first kappa shape index (κ1) is 12.1. The van der Waals surface area contributed by atoms with Crippen LogP contribution in [0, 0.1) is 5.82 Å². The maximum atomic E-state index is 13.2. The van der Waals surface area contributed by atoms with Crippen molar-refractivity contribution in [1.82, 2.24) is 5.32 Å².